The summed E-state index contributed by atoms with van der Waals surface area (Å²) in [5.41, 5.74) is 1.73. The molecule has 1 aromatic heterocycles. The van der Waals surface area contributed by atoms with Crippen LogP contribution in [0.15, 0.2) is 23.2 Å². The summed E-state index contributed by atoms with van der Waals surface area (Å²) in [6.45, 7) is 3.93. The number of methoxy groups -OCH3 is 2. The predicted octanol–water partition coefficient (Wildman–Crippen LogP) is 2.30. The van der Waals surface area contributed by atoms with Gasteiger partial charge in [-0.2, -0.15) is 0 Å². The number of aromatic nitrogens is 1. The Bertz CT molecular complexity index is 1090. The summed E-state index contributed by atoms with van der Waals surface area (Å²) in [7, 11) is -0.436. The van der Waals surface area contributed by atoms with E-state index < -0.39 is 26.9 Å². The van der Waals surface area contributed by atoms with Crippen molar-refractivity contribution in [2.45, 2.75) is 19.9 Å². The highest BCUT2D eigenvalue weighted by Crippen LogP contribution is 2.40. The van der Waals surface area contributed by atoms with E-state index >= 15 is 0 Å². The third kappa shape index (κ3) is 2.78. The molecule has 27 heavy (non-hydrogen) atoms. The molecule has 8 nitrogen and oxygen atoms in total. The van der Waals surface area contributed by atoms with Crippen LogP contribution in [0.2, 0.25) is 0 Å². The standard InChI is InChI=1S/C18H20N2O6S/c1-10(2)20-9-12-8-15(18(22)26-5)27(23,24)19(3)13-6-11(17(21)25-4)7-14(20)16(12)13/h6-10H,1-5H3. The quantitative estimate of drug-likeness (QED) is 0.744. The molecule has 1 aromatic carbocycles. The second kappa shape index (κ2) is 6.41. The van der Waals surface area contributed by atoms with Crippen molar-refractivity contribution in [3.63, 3.8) is 0 Å². The smallest absolute Gasteiger partial charge is 0.351 e. The van der Waals surface area contributed by atoms with Crippen LogP contribution in [0.4, 0.5) is 5.69 Å². The lowest BCUT2D eigenvalue weighted by Gasteiger charge is -2.21. The highest BCUT2D eigenvalue weighted by Gasteiger charge is 2.35. The van der Waals surface area contributed by atoms with Crippen LogP contribution in [0.25, 0.3) is 17.0 Å². The van der Waals surface area contributed by atoms with Gasteiger partial charge in [-0.25, -0.2) is 18.0 Å². The first kappa shape index (κ1) is 19.0. The van der Waals surface area contributed by atoms with Gasteiger partial charge >= 0.3 is 11.9 Å². The summed E-state index contributed by atoms with van der Waals surface area (Å²) < 4.78 is 38.3. The van der Waals surface area contributed by atoms with Gasteiger partial charge in [0.15, 0.2) is 4.91 Å². The predicted molar refractivity (Wildman–Crippen MR) is 101 cm³/mol. The first-order valence-corrected chi connectivity index (χ1v) is 9.63. The molecular formula is C18H20N2O6S. The Morgan fingerprint density at radius 1 is 1.07 bits per heavy atom. The van der Waals surface area contributed by atoms with E-state index in [4.69, 9.17) is 4.74 Å². The number of hydrogen-bond acceptors (Lipinski definition) is 6. The molecule has 2 aromatic rings. The van der Waals surface area contributed by atoms with Crippen LogP contribution in [0, 0.1) is 0 Å². The molecule has 9 heteroatoms. The zero-order chi connectivity index (χ0) is 20.1. The second-order valence-corrected chi connectivity index (χ2v) is 8.38. The summed E-state index contributed by atoms with van der Waals surface area (Å²) in [6, 6.07) is 3.15. The molecule has 0 N–H and O–H groups in total. The van der Waals surface area contributed by atoms with Crippen molar-refractivity contribution in [2.75, 3.05) is 25.6 Å². The van der Waals surface area contributed by atoms with Gasteiger partial charge in [-0.3, -0.25) is 4.31 Å². The fraction of sp³-hybridized carbons (Fsp3) is 0.333. The molecule has 0 aliphatic carbocycles. The topological polar surface area (TPSA) is 94.9 Å². The molecule has 0 saturated heterocycles. The van der Waals surface area contributed by atoms with Crippen molar-refractivity contribution in [2.24, 2.45) is 0 Å². The first-order chi connectivity index (χ1) is 12.6. The molecule has 3 rings (SSSR count). The van der Waals surface area contributed by atoms with E-state index in [0.29, 0.717) is 16.5 Å². The van der Waals surface area contributed by atoms with Crippen LogP contribution in [0.5, 0.6) is 0 Å². The van der Waals surface area contributed by atoms with Gasteiger partial charge in [-0.05, 0) is 32.1 Å². The Morgan fingerprint density at radius 3 is 2.26 bits per heavy atom. The average Bonchev–Trinajstić information content (AvgIpc) is 2.98. The van der Waals surface area contributed by atoms with Gasteiger partial charge in [0, 0.05) is 30.2 Å². The Labute approximate surface area is 157 Å². The number of rotatable bonds is 3. The molecule has 2 heterocycles. The largest absolute Gasteiger partial charge is 0.465 e. The molecular weight excluding hydrogens is 372 g/mol. The number of sulfonamides is 1. The molecule has 0 bridgehead atoms. The summed E-state index contributed by atoms with van der Waals surface area (Å²) in [6.07, 6.45) is 3.07. The molecule has 0 unspecified atom stereocenters. The molecule has 1 aliphatic rings. The first-order valence-electron chi connectivity index (χ1n) is 8.19. The number of anilines is 1. The van der Waals surface area contributed by atoms with E-state index in [-0.39, 0.29) is 17.3 Å². The van der Waals surface area contributed by atoms with Gasteiger partial charge in [0.2, 0.25) is 0 Å². The number of ether oxygens (including phenoxy) is 2. The number of esters is 2. The number of nitrogens with zero attached hydrogens (tertiary/aromatic N) is 2. The summed E-state index contributed by atoms with van der Waals surface area (Å²) in [5.74, 6) is -1.53. The molecule has 0 spiro atoms. The Kier molecular flexibility index (Phi) is 4.51. The lowest BCUT2D eigenvalue weighted by molar-refractivity contribution is -0.135. The van der Waals surface area contributed by atoms with Crippen LogP contribution in [-0.2, 0) is 24.3 Å². The van der Waals surface area contributed by atoms with E-state index in [1.165, 1.54) is 26.3 Å². The van der Waals surface area contributed by atoms with Crippen molar-refractivity contribution >= 4 is 44.6 Å². The van der Waals surface area contributed by atoms with Gasteiger partial charge in [0.1, 0.15) is 0 Å². The Hall–Kier alpha value is -2.81. The Morgan fingerprint density at radius 2 is 1.70 bits per heavy atom. The highest BCUT2D eigenvalue weighted by atomic mass is 32.2. The van der Waals surface area contributed by atoms with Crippen molar-refractivity contribution in [3.8, 4) is 0 Å². The SMILES string of the molecule is COC(=O)C1=Cc2cn(C(C)C)c3cc(C(=O)OC)cc(c23)N(C)S1(=O)=O. The molecule has 0 amide bonds. The third-order valence-corrected chi connectivity index (χ3v) is 6.33. The minimum atomic E-state index is -4.16. The van der Waals surface area contributed by atoms with E-state index in [1.54, 1.807) is 12.3 Å². The maximum absolute atomic E-state index is 12.9. The fourth-order valence-electron chi connectivity index (χ4n) is 3.17. The van der Waals surface area contributed by atoms with Gasteiger partial charge in [0.05, 0.1) is 31.0 Å². The third-order valence-electron chi connectivity index (χ3n) is 4.57. The van der Waals surface area contributed by atoms with Crippen molar-refractivity contribution in [1.82, 2.24) is 4.57 Å². The van der Waals surface area contributed by atoms with E-state index in [0.717, 1.165) is 11.4 Å². The second-order valence-electron chi connectivity index (χ2n) is 6.44. The number of benzene rings is 1. The average molecular weight is 392 g/mol. The van der Waals surface area contributed by atoms with Crippen LogP contribution in [-0.4, -0.2) is 46.2 Å². The molecule has 0 saturated carbocycles. The van der Waals surface area contributed by atoms with Gasteiger partial charge < -0.3 is 14.0 Å². The van der Waals surface area contributed by atoms with Crippen molar-refractivity contribution in [3.05, 3.63) is 34.4 Å². The summed E-state index contributed by atoms with van der Waals surface area (Å²) in [4.78, 5) is 23.8. The minimum absolute atomic E-state index is 0.0401. The number of hydrogen-bond donors (Lipinski definition) is 0. The normalized spacial score (nSPS) is 15.5. The zero-order valence-electron chi connectivity index (χ0n) is 15.6. The number of carbonyl (C=O) groups is 2. The lowest BCUT2D eigenvalue weighted by Crippen LogP contribution is -2.30. The van der Waals surface area contributed by atoms with Crippen molar-refractivity contribution < 1.29 is 27.5 Å². The molecule has 144 valence electrons. The maximum Gasteiger partial charge on any atom is 0.351 e. The fourth-order valence-corrected chi connectivity index (χ4v) is 4.44. The van der Waals surface area contributed by atoms with Crippen LogP contribution in [0.3, 0.4) is 0 Å². The molecule has 0 atom stereocenters. The van der Waals surface area contributed by atoms with Gasteiger partial charge in [-0.15, -0.1) is 0 Å². The molecule has 1 aliphatic heterocycles. The van der Waals surface area contributed by atoms with E-state index in [1.807, 2.05) is 18.4 Å². The minimum Gasteiger partial charge on any atom is -0.465 e. The highest BCUT2D eigenvalue weighted by molar-refractivity contribution is 7.97. The number of carbonyl (C=O) groups excluding carboxylic acids is 2. The Balaban J connectivity index is 2.47. The van der Waals surface area contributed by atoms with Crippen LogP contribution < -0.4 is 4.31 Å². The zero-order valence-corrected chi connectivity index (χ0v) is 16.5. The molecule has 0 fully saturated rings. The lowest BCUT2D eigenvalue weighted by atomic mass is 10.1. The molecule has 0 radical (unpaired) electrons. The van der Waals surface area contributed by atoms with Gasteiger partial charge in [-0.1, -0.05) is 0 Å². The maximum atomic E-state index is 12.9. The summed E-state index contributed by atoms with van der Waals surface area (Å²) >= 11 is 0. The van der Waals surface area contributed by atoms with E-state index in [9.17, 15) is 18.0 Å². The summed E-state index contributed by atoms with van der Waals surface area (Å²) in [5, 5.41) is 0.626. The van der Waals surface area contributed by atoms with E-state index in [2.05, 4.69) is 4.74 Å². The van der Waals surface area contributed by atoms with Crippen LogP contribution >= 0.6 is 0 Å². The van der Waals surface area contributed by atoms with Crippen molar-refractivity contribution in [1.29, 1.82) is 0 Å². The van der Waals surface area contributed by atoms with Gasteiger partial charge in [0.25, 0.3) is 10.0 Å². The van der Waals surface area contributed by atoms with Crippen LogP contribution in [0.1, 0.15) is 35.8 Å². The monoisotopic (exact) mass is 392 g/mol.